The van der Waals surface area contributed by atoms with Gasteiger partial charge in [-0.2, -0.15) is 0 Å². The molecule has 0 fully saturated rings. The predicted octanol–water partition coefficient (Wildman–Crippen LogP) is 2.55. The molecule has 0 aliphatic rings. The van der Waals surface area contributed by atoms with E-state index >= 15 is 0 Å². The van der Waals surface area contributed by atoms with Gasteiger partial charge in [-0.25, -0.2) is 9.97 Å². The van der Waals surface area contributed by atoms with Crippen molar-refractivity contribution in [1.29, 1.82) is 0 Å². The fourth-order valence-corrected chi connectivity index (χ4v) is 3.15. The molecular formula is C17H19ClN4O4. The van der Waals surface area contributed by atoms with E-state index in [0.29, 0.717) is 22.6 Å². The summed E-state index contributed by atoms with van der Waals surface area (Å²) < 4.78 is 17.2. The summed E-state index contributed by atoms with van der Waals surface area (Å²) in [5, 5.41) is 3.84. The average Bonchev–Trinajstić information content (AvgIpc) is 2.94. The molecule has 0 spiro atoms. The molecule has 0 amide bonds. The molecule has 0 unspecified atom stereocenters. The molecule has 0 bridgehead atoms. The van der Waals surface area contributed by atoms with E-state index in [9.17, 15) is 4.79 Å². The minimum atomic E-state index is -0.443. The molecule has 0 saturated carbocycles. The highest BCUT2D eigenvalue weighted by Crippen LogP contribution is 2.27. The Hall–Kier alpha value is -2.29. The molecule has 3 aromatic rings. The highest BCUT2D eigenvalue weighted by Gasteiger charge is 2.21. The summed E-state index contributed by atoms with van der Waals surface area (Å²) in [4.78, 5) is 21.5. The van der Waals surface area contributed by atoms with Gasteiger partial charge in [-0.1, -0.05) is 16.8 Å². The molecular weight excluding hydrogens is 360 g/mol. The quantitative estimate of drug-likeness (QED) is 0.650. The lowest BCUT2D eigenvalue weighted by Crippen LogP contribution is -2.32. The van der Waals surface area contributed by atoms with Gasteiger partial charge in [0.1, 0.15) is 11.3 Å². The van der Waals surface area contributed by atoms with Crippen LogP contribution in [0.3, 0.4) is 0 Å². The normalized spacial score (nSPS) is 11.6. The van der Waals surface area contributed by atoms with Crippen molar-refractivity contribution in [3.63, 3.8) is 0 Å². The maximum Gasteiger partial charge on any atom is 0.290 e. The van der Waals surface area contributed by atoms with Crippen LogP contribution < -0.4 is 5.56 Å². The van der Waals surface area contributed by atoms with Crippen LogP contribution in [0, 0.1) is 13.8 Å². The number of methoxy groups -OCH3 is 2. The number of aromatic nitrogens is 4. The molecule has 26 heavy (non-hydrogen) atoms. The summed E-state index contributed by atoms with van der Waals surface area (Å²) in [6.07, 6.45) is 0. The van der Waals surface area contributed by atoms with E-state index in [1.165, 1.54) is 4.57 Å². The Morgan fingerprint density at radius 1 is 1.19 bits per heavy atom. The SMILES string of the molecule is COCC(COC)n1c(=O)c(Cl)nc2ccc(-c3c(C)noc3C)nc21. The van der Waals surface area contributed by atoms with Gasteiger partial charge in [0.25, 0.3) is 5.56 Å². The van der Waals surface area contributed by atoms with Gasteiger partial charge in [0.05, 0.1) is 36.2 Å². The fourth-order valence-electron chi connectivity index (χ4n) is 2.96. The van der Waals surface area contributed by atoms with Crippen molar-refractivity contribution in [1.82, 2.24) is 19.7 Å². The lowest BCUT2D eigenvalue weighted by atomic mass is 10.1. The molecule has 0 saturated heterocycles. The molecule has 3 aromatic heterocycles. The molecule has 0 radical (unpaired) electrons. The van der Waals surface area contributed by atoms with Crippen molar-refractivity contribution >= 4 is 22.8 Å². The van der Waals surface area contributed by atoms with Gasteiger partial charge in [-0.3, -0.25) is 9.36 Å². The summed E-state index contributed by atoms with van der Waals surface area (Å²) >= 11 is 6.05. The zero-order valence-corrected chi connectivity index (χ0v) is 15.7. The van der Waals surface area contributed by atoms with Gasteiger partial charge in [-0.05, 0) is 26.0 Å². The Morgan fingerprint density at radius 3 is 2.46 bits per heavy atom. The smallest absolute Gasteiger partial charge is 0.290 e. The van der Waals surface area contributed by atoms with Crippen molar-refractivity contribution in [3.8, 4) is 11.3 Å². The van der Waals surface area contributed by atoms with E-state index in [4.69, 9.17) is 25.6 Å². The number of fused-ring (bicyclic) bond motifs is 1. The zero-order chi connectivity index (χ0) is 18.8. The van der Waals surface area contributed by atoms with Crippen molar-refractivity contribution in [3.05, 3.63) is 39.1 Å². The number of ether oxygens (including phenoxy) is 2. The molecule has 138 valence electrons. The van der Waals surface area contributed by atoms with Crippen LogP contribution in [0.25, 0.3) is 22.4 Å². The Bertz CT molecular complexity index is 973. The van der Waals surface area contributed by atoms with Crippen LogP contribution in [0.15, 0.2) is 21.5 Å². The van der Waals surface area contributed by atoms with Crippen molar-refractivity contribution in [2.75, 3.05) is 27.4 Å². The lowest BCUT2D eigenvalue weighted by molar-refractivity contribution is 0.0895. The first-order chi connectivity index (χ1) is 12.5. The first-order valence-corrected chi connectivity index (χ1v) is 8.35. The minimum absolute atomic E-state index is 0.124. The number of aryl methyl sites for hydroxylation is 2. The molecule has 3 heterocycles. The highest BCUT2D eigenvalue weighted by molar-refractivity contribution is 6.29. The van der Waals surface area contributed by atoms with Gasteiger partial charge >= 0.3 is 0 Å². The summed E-state index contributed by atoms with van der Waals surface area (Å²) in [5.41, 5.74) is 2.60. The fraction of sp³-hybridized carbons (Fsp3) is 0.412. The van der Waals surface area contributed by atoms with Gasteiger partial charge in [0.2, 0.25) is 0 Å². The molecule has 3 rings (SSSR count). The number of hydrogen-bond donors (Lipinski definition) is 0. The third kappa shape index (κ3) is 3.23. The van der Waals surface area contributed by atoms with Crippen molar-refractivity contribution in [2.24, 2.45) is 0 Å². The second kappa shape index (κ2) is 7.53. The molecule has 0 aromatic carbocycles. The standard InChI is InChI=1S/C17H19ClN4O4/c1-9-14(10(2)26-21-9)12-5-6-13-16(20-12)22(17(23)15(18)19-13)11(7-24-3)8-25-4/h5-6,11H,7-8H2,1-4H3. The topological polar surface area (TPSA) is 92.3 Å². The van der Waals surface area contributed by atoms with Crippen LogP contribution in [0.5, 0.6) is 0 Å². The first-order valence-electron chi connectivity index (χ1n) is 7.97. The predicted molar refractivity (Wildman–Crippen MR) is 96.6 cm³/mol. The Labute approximate surface area is 154 Å². The molecule has 8 nitrogen and oxygen atoms in total. The van der Waals surface area contributed by atoms with Crippen LogP contribution in [0.4, 0.5) is 0 Å². The molecule has 0 atom stereocenters. The summed E-state index contributed by atoms with van der Waals surface area (Å²) in [7, 11) is 3.11. The monoisotopic (exact) mass is 378 g/mol. The average molecular weight is 379 g/mol. The number of nitrogens with zero attached hydrogens (tertiary/aromatic N) is 4. The molecule has 0 aliphatic carbocycles. The largest absolute Gasteiger partial charge is 0.382 e. The Balaban J connectivity index is 2.29. The Morgan fingerprint density at radius 2 is 1.88 bits per heavy atom. The zero-order valence-electron chi connectivity index (χ0n) is 14.9. The second-order valence-electron chi connectivity index (χ2n) is 5.88. The van der Waals surface area contributed by atoms with Crippen LogP contribution in [0.2, 0.25) is 5.15 Å². The van der Waals surface area contributed by atoms with Crippen LogP contribution in [0.1, 0.15) is 17.5 Å². The maximum absolute atomic E-state index is 12.7. The third-order valence-electron chi connectivity index (χ3n) is 4.07. The maximum atomic E-state index is 12.7. The number of halogens is 1. The minimum Gasteiger partial charge on any atom is -0.382 e. The highest BCUT2D eigenvalue weighted by atomic mass is 35.5. The van der Waals surface area contributed by atoms with E-state index < -0.39 is 11.6 Å². The Kier molecular flexibility index (Phi) is 5.36. The number of rotatable bonds is 6. The van der Waals surface area contributed by atoms with E-state index in [1.807, 2.05) is 13.8 Å². The van der Waals surface area contributed by atoms with Gasteiger partial charge < -0.3 is 14.0 Å². The molecule has 0 N–H and O–H groups in total. The van der Waals surface area contributed by atoms with Crippen molar-refractivity contribution < 1.29 is 14.0 Å². The first kappa shape index (κ1) is 18.5. The van der Waals surface area contributed by atoms with E-state index in [-0.39, 0.29) is 18.4 Å². The summed E-state index contributed by atoms with van der Waals surface area (Å²) in [6.45, 7) is 4.18. The number of pyridine rings is 1. The summed E-state index contributed by atoms with van der Waals surface area (Å²) in [5.74, 6) is 0.649. The van der Waals surface area contributed by atoms with Gasteiger partial charge in [0.15, 0.2) is 10.8 Å². The van der Waals surface area contributed by atoms with E-state index in [0.717, 1.165) is 11.3 Å². The van der Waals surface area contributed by atoms with Crippen LogP contribution >= 0.6 is 11.6 Å². The third-order valence-corrected chi connectivity index (χ3v) is 4.32. The second-order valence-corrected chi connectivity index (χ2v) is 6.24. The molecule has 9 heteroatoms. The van der Waals surface area contributed by atoms with Gasteiger partial charge in [-0.15, -0.1) is 0 Å². The number of hydrogen-bond acceptors (Lipinski definition) is 7. The van der Waals surface area contributed by atoms with Gasteiger partial charge in [0, 0.05) is 14.2 Å². The van der Waals surface area contributed by atoms with Crippen LogP contribution in [-0.2, 0) is 9.47 Å². The van der Waals surface area contributed by atoms with E-state index in [1.54, 1.807) is 26.4 Å². The summed E-state index contributed by atoms with van der Waals surface area (Å²) in [6, 6.07) is 3.17. The van der Waals surface area contributed by atoms with Crippen LogP contribution in [-0.4, -0.2) is 47.1 Å². The lowest BCUT2D eigenvalue weighted by Gasteiger charge is -2.20. The van der Waals surface area contributed by atoms with E-state index in [2.05, 4.69) is 15.1 Å². The van der Waals surface area contributed by atoms with Crippen molar-refractivity contribution in [2.45, 2.75) is 19.9 Å². The molecule has 0 aliphatic heterocycles.